The highest BCUT2D eigenvalue weighted by atomic mass is 16.3. The number of allylic oxidation sites excluding steroid dienone is 2. The second-order valence-corrected chi connectivity index (χ2v) is 9.23. The van der Waals surface area contributed by atoms with Gasteiger partial charge in [-0.25, -0.2) is 0 Å². The maximum absolute atomic E-state index is 12.3. The van der Waals surface area contributed by atoms with Crippen LogP contribution in [0.25, 0.3) is 0 Å². The summed E-state index contributed by atoms with van der Waals surface area (Å²) >= 11 is 0. The molecule has 0 aromatic carbocycles. The summed E-state index contributed by atoms with van der Waals surface area (Å²) in [5, 5.41) is 30.6. The first-order valence-electron chi connectivity index (χ1n) is 9.72. The minimum Gasteiger partial charge on any atom is -0.393 e. The number of fused-ring (bicyclic) bond motifs is 5. The van der Waals surface area contributed by atoms with Crippen LogP contribution in [-0.2, 0) is 4.79 Å². The molecule has 0 bridgehead atoms. The molecule has 4 aliphatic carbocycles. The highest BCUT2D eigenvalue weighted by Gasteiger charge is 2.60. The number of ketones is 1. The molecule has 0 aromatic heterocycles. The summed E-state index contributed by atoms with van der Waals surface area (Å²) in [4.78, 5) is 12.3. The lowest BCUT2D eigenvalue weighted by Gasteiger charge is -2.56. The van der Waals surface area contributed by atoms with E-state index in [0.29, 0.717) is 18.8 Å². The van der Waals surface area contributed by atoms with E-state index in [1.54, 1.807) is 0 Å². The van der Waals surface area contributed by atoms with E-state index in [0.717, 1.165) is 25.7 Å². The van der Waals surface area contributed by atoms with E-state index in [2.05, 4.69) is 26.0 Å². The van der Waals surface area contributed by atoms with Crippen molar-refractivity contribution in [2.24, 2.45) is 28.6 Å². The molecule has 4 rings (SSSR count). The van der Waals surface area contributed by atoms with E-state index < -0.39 is 12.7 Å². The quantitative estimate of drug-likeness (QED) is 0.717. The first-order chi connectivity index (χ1) is 11.8. The number of hydrogen-bond donors (Lipinski definition) is 3. The Morgan fingerprint density at radius 1 is 1.20 bits per heavy atom. The van der Waals surface area contributed by atoms with E-state index >= 15 is 0 Å². The number of hydrogen-bond acceptors (Lipinski definition) is 4. The molecule has 0 saturated heterocycles. The van der Waals surface area contributed by atoms with Crippen LogP contribution in [0.5, 0.6) is 0 Å². The van der Waals surface area contributed by atoms with Crippen LogP contribution >= 0.6 is 0 Å². The van der Waals surface area contributed by atoms with Gasteiger partial charge in [-0.3, -0.25) is 4.79 Å². The lowest BCUT2D eigenvalue weighted by molar-refractivity contribution is -0.131. The van der Waals surface area contributed by atoms with Crippen molar-refractivity contribution in [1.82, 2.24) is 0 Å². The van der Waals surface area contributed by atoms with Gasteiger partial charge in [-0.1, -0.05) is 37.1 Å². The monoisotopic (exact) mass is 346 g/mol. The van der Waals surface area contributed by atoms with Gasteiger partial charge in [0.15, 0.2) is 5.78 Å². The molecule has 4 nitrogen and oxygen atoms in total. The molecule has 2 unspecified atom stereocenters. The first kappa shape index (κ1) is 17.4. The molecular weight excluding hydrogens is 316 g/mol. The first-order valence-corrected chi connectivity index (χ1v) is 9.72. The van der Waals surface area contributed by atoms with Gasteiger partial charge in [-0.05, 0) is 55.3 Å². The van der Waals surface area contributed by atoms with Gasteiger partial charge >= 0.3 is 0 Å². The Morgan fingerprint density at radius 3 is 2.68 bits per heavy atom. The van der Waals surface area contributed by atoms with Crippen LogP contribution in [0.2, 0.25) is 0 Å². The Balaban J connectivity index is 1.74. The molecule has 25 heavy (non-hydrogen) atoms. The highest BCUT2D eigenvalue weighted by Crippen LogP contribution is 2.64. The lowest BCUT2D eigenvalue weighted by Crippen LogP contribution is -2.53. The fourth-order valence-electron chi connectivity index (χ4n) is 6.75. The fraction of sp³-hybridized carbons (Fsp3) is 0.762. The molecule has 138 valence electrons. The van der Waals surface area contributed by atoms with Crippen molar-refractivity contribution >= 4 is 5.78 Å². The van der Waals surface area contributed by atoms with Crippen molar-refractivity contribution in [3.63, 3.8) is 0 Å². The van der Waals surface area contributed by atoms with Crippen LogP contribution in [0.4, 0.5) is 0 Å². The third-order valence-electron chi connectivity index (χ3n) is 8.03. The van der Waals surface area contributed by atoms with Crippen molar-refractivity contribution in [3.8, 4) is 0 Å². The minimum atomic E-state index is -0.469. The van der Waals surface area contributed by atoms with Crippen LogP contribution in [0.15, 0.2) is 23.3 Å². The summed E-state index contributed by atoms with van der Waals surface area (Å²) in [5.74, 6) is 0.185. The number of carbonyl (C=O) groups excluding carboxylic acids is 1. The Kier molecular flexibility index (Phi) is 4.02. The average Bonchev–Trinajstić information content (AvgIpc) is 2.91. The average molecular weight is 346 g/mol. The number of Topliss-reactive ketones (excluding diaryl/α,β-unsaturated/α-hetero) is 1. The Labute approximate surface area is 149 Å². The molecule has 0 amide bonds. The van der Waals surface area contributed by atoms with Crippen molar-refractivity contribution in [2.45, 2.75) is 64.6 Å². The van der Waals surface area contributed by atoms with Crippen molar-refractivity contribution < 1.29 is 20.1 Å². The molecule has 0 aliphatic heterocycles. The normalized spacial score (nSPS) is 48.8. The van der Waals surface area contributed by atoms with Crippen LogP contribution < -0.4 is 0 Å². The Morgan fingerprint density at radius 2 is 1.96 bits per heavy atom. The SMILES string of the molecule is C[C@]12CC(O)[C@H]3C(=CC=C4CC(O)CC[C@@]43C)[C@@H]1CC[C@@H]2C(=O)CO. The summed E-state index contributed by atoms with van der Waals surface area (Å²) in [6, 6.07) is 0. The standard InChI is InChI=1S/C21H30O4/c1-20-8-7-13(23)9-12(20)3-4-14-15-5-6-16(18(25)11-22)21(15,2)10-17(24)19(14)20/h3-4,13,15-17,19,22-24H,5-11H2,1-2H3/t13?,15-,16+,17?,19+,20-,21-/m0/s1. The third kappa shape index (κ3) is 2.34. The smallest absolute Gasteiger partial charge is 0.161 e. The third-order valence-corrected chi connectivity index (χ3v) is 8.03. The van der Waals surface area contributed by atoms with Gasteiger partial charge in [0.25, 0.3) is 0 Å². The van der Waals surface area contributed by atoms with Gasteiger partial charge in [-0.15, -0.1) is 0 Å². The summed E-state index contributed by atoms with van der Waals surface area (Å²) in [6.45, 7) is 3.99. The van der Waals surface area contributed by atoms with E-state index in [4.69, 9.17) is 0 Å². The van der Waals surface area contributed by atoms with Gasteiger partial charge in [0.05, 0.1) is 12.2 Å². The lowest BCUT2D eigenvalue weighted by atomic mass is 9.49. The molecule has 4 aliphatic rings. The summed E-state index contributed by atoms with van der Waals surface area (Å²) in [6.07, 6.45) is 8.41. The van der Waals surface area contributed by atoms with Crippen molar-refractivity contribution in [2.75, 3.05) is 6.61 Å². The molecule has 0 radical (unpaired) electrons. The summed E-state index contributed by atoms with van der Waals surface area (Å²) < 4.78 is 0. The van der Waals surface area contributed by atoms with Crippen LogP contribution in [0.3, 0.4) is 0 Å². The zero-order valence-electron chi connectivity index (χ0n) is 15.2. The predicted molar refractivity (Wildman–Crippen MR) is 94.7 cm³/mol. The number of rotatable bonds is 2. The topological polar surface area (TPSA) is 77.8 Å². The molecule has 7 atom stereocenters. The second kappa shape index (κ2) is 5.77. The Hall–Kier alpha value is -0.970. The largest absolute Gasteiger partial charge is 0.393 e. The minimum absolute atomic E-state index is 0.0738. The fourth-order valence-corrected chi connectivity index (χ4v) is 6.75. The van der Waals surface area contributed by atoms with Crippen LogP contribution in [0.1, 0.15) is 52.4 Å². The molecule has 0 aromatic rings. The van der Waals surface area contributed by atoms with Gasteiger partial charge in [-0.2, -0.15) is 0 Å². The van der Waals surface area contributed by atoms with Gasteiger partial charge in [0.1, 0.15) is 6.61 Å². The van der Waals surface area contributed by atoms with E-state index in [9.17, 15) is 20.1 Å². The van der Waals surface area contributed by atoms with E-state index in [-0.39, 0.29) is 34.6 Å². The molecule has 3 saturated carbocycles. The maximum Gasteiger partial charge on any atom is 0.161 e. The number of aliphatic hydroxyl groups excluding tert-OH is 3. The molecular formula is C21H30O4. The van der Waals surface area contributed by atoms with Crippen LogP contribution in [-0.4, -0.2) is 39.9 Å². The van der Waals surface area contributed by atoms with E-state index in [1.165, 1.54) is 11.1 Å². The molecule has 0 heterocycles. The van der Waals surface area contributed by atoms with Crippen LogP contribution in [0, 0.1) is 28.6 Å². The zero-order chi connectivity index (χ0) is 18.0. The van der Waals surface area contributed by atoms with Crippen molar-refractivity contribution in [1.29, 1.82) is 0 Å². The molecule has 3 N–H and O–H groups in total. The second-order valence-electron chi connectivity index (χ2n) is 9.23. The highest BCUT2D eigenvalue weighted by molar-refractivity contribution is 5.83. The van der Waals surface area contributed by atoms with E-state index in [1.807, 2.05) is 0 Å². The Bertz CT molecular complexity index is 650. The summed E-state index contributed by atoms with van der Waals surface area (Å²) in [5.41, 5.74) is 2.24. The zero-order valence-corrected chi connectivity index (χ0v) is 15.2. The molecule has 3 fully saturated rings. The maximum atomic E-state index is 12.3. The summed E-state index contributed by atoms with van der Waals surface area (Å²) in [7, 11) is 0. The van der Waals surface area contributed by atoms with Crippen molar-refractivity contribution in [3.05, 3.63) is 23.3 Å². The number of carbonyl (C=O) groups is 1. The van der Waals surface area contributed by atoms with Gasteiger partial charge in [0, 0.05) is 11.8 Å². The molecule has 0 spiro atoms. The predicted octanol–water partition coefficient (Wildman–Crippen LogP) is 2.38. The number of aliphatic hydroxyl groups is 3. The van der Waals surface area contributed by atoms with Gasteiger partial charge in [0.2, 0.25) is 0 Å². The van der Waals surface area contributed by atoms with Gasteiger partial charge < -0.3 is 15.3 Å². The molecule has 4 heteroatoms.